The molecule has 0 radical (unpaired) electrons. The van der Waals surface area contributed by atoms with E-state index >= 15 is 0 Å². The highest BCUT2D eigenvalue weighted by molar-refractivity contribution is 5.94. The number of hydrogen-bond acceptors (Lipinski definition) is 3. The van der Waals surface area contributed by atoms with Gasteiger partial charge in [-0.1, -0.05) is 0 Å². The van der Waals surface area contributed by atoms with Crippen LogP contribution in [-0.2, 0) is 11.0 Å². The van der Waals surface area contributed by atoms with Gasteiger partial charge in [0, 0.05) is 18.7 Å². The van der Waals surface area contributed by atoms with Crippen LogP contribution in [0, 0.1) is 0 Å². The Bertz CT molecular complexity index is 773. The molecule has 2 aromatic carbocycles. The summed E-state index contributed by atoms with van der Waals surface area (Å²) in [4.78, 5) is 13.6. The number of nitrogens with two attached hydrogens (primary N) is 1. The Hall–Kier alpha value is -2.70. The summed E-state index contributed by atoms with van der Waals surface area (Å²) in [7, 11) is 0. The van der Waals surface area contributed by atoms with Crippen LogP contribution in [0.2, 0.25) is 0 Å². The Morgan fingerprint density at radius 2 is 1.76 bits per heavy atom. The van der Waals surface area contributed by atoms with Crippen LogP contribution >= 0.6 is 0 Å². The summed E-state index contributed by atoms with van der Waals surface area (Å²) >= 11 is 0. The predicted molar refractivity (Wildman–Crippen MR) is 88.6 cm³/mol. The van der Waals surface area contributed by atoms with Gasteiger partial charge < -0.3 is 15.4 Å². The molecule has 2 aromatic rings. The summed E-state index contributed by atoms with van der Waals surface area (Å²) in [5.74, 6) is 0.636. The third kappa shape index (κ3) is 3.87. The van der Waals surface area contributed by atoms with Gasteiger partial charge in [0.15, 0.2) is 0 Å². The smallest absolute Gasteiger partial charge is 0.416 e. The highest BCUT2D eigenvalue weighted by Crippen LogP contribution is 2.34. The second-order valence-electron chi connectivity index (χ2n) is 5.85. The van der Waals surface area contributed by atoms with Crippen LogP contribution in [0.4, 0.5) is 24.5 Å². The van der Waals surface area contributed by atoms with Gasteiger partial charge in [-0.25, -0.2) is 0 Å². The minimum atomic E-state index is -4.39. The van der Waals surface area contributed by atoms with Crippen molar-refractivity contribution in [2.24, 2.45) is 0 Å². The van der Waals surface area contributed by atoms with E-state index in [0.29, 0.717) is 30.1 Å². The van der Waals surface area contributed by atoms with Crippen molar-refractivity contribution >= 4 is 17.3 Å². The van der Waals surface area contributed by atoms with Gasteiger partial charge in [0.2, 0.25) is 5.91 Å². The van der Waals surface area contributed by atoms with Crippen molar-refractivity contribution in [2.45, 2.75) is 25.4 Å². The molecule has 1 fully saturated rings. The molecular weight excluding hydrogens is 333 g/mol. The molecule has 1 aliphatic heterocycles. The fourth-order valence-electron chi connectivity index (χ4n) is 2.71. The Kier molecular flexibility index (Phi) is 4.57. The van der Waals surface area contributed by atoms with E-state index in [1.54, 1.807) is 23.1 Å². The van der Waals surface area contributed by atoms with Gasteiger partial charge >= 0.3 is 6.18 Å². The van der Waals surface area contributed by atoms with Crippen LogP contribution in [0.5, 0.6) is 11.5 Å². The van der Waals surface area contributed by atoms with E-state index in [0.717, 1.165) is 25.0 Å². The van der Waals surface area contributed by atoms with Crippen LogP contribution in [0.15, 0.2) is 42.5 Å². The number of nitrogen functional groups attached to an aromatic ring is 1. The highest BCUT2D eigenvalue weighted by Gasteiger charge is 2.30. The second-order valence-corrected chi connectivity index (χ2v) is 5.85. The molecule has 7 heteroatoms. The summed E-state index contributed by atoms with van der Waals surface area (Å²) in [6, 6.07) is 9.36. The van der Waals surface area contributed by atoms with E-state index in [2.05, 4.69) is 0 Å². The lowest BCUT2D eigenvalue weighted by molar-refractivity contribution is -0.137. The molecule has 0 unspecified atom stereocenters. The minimum absolute atomic E-state index is 0.0575. The Morgan fingerprint density at radius 1 is 1.04 bits per heavy atom. The molecule has 0 atom stereocenters. The van der Waals surface area contributed by atoms with E-state index in [1.807, 2.05) is 0 Å². The lowest BCUT2D eigenvalue weighted by Gasteiger charge is -2.27. The lowest BCUT2D eigenvalue weighted by atomic mass is 10.1. The molecule has 25 heavy (non-hydrogen) atoms. The normalized spacial score (nSPS) is 15.3. The number of amides is 1. The largest absolute Gasteiger partial charge is 0.455 e. The number of hydrogen-bond donors (Lipinski definition) is 1. The standard InChI is InChI=1S/C18H17F3N2O2/c19-18(20,21)12-4-7-14(8-5-12)25-16-9-6-13(11-15(16)22)23-10-2-1-3-17(23)24/h4-9,11H,1-3,10,22H2. The maximum Gasteiger partial charge on any atom is 0.416 e. The first kappa shape index (κ1) is 17.1. The summed E-state index contributed by atoms with van der Waals surface area (Å²) < 4.78 is 43.3. The van der Waals surface area contributed by atoms with Gasteiger partial charge in [-0.3, -0.25) is 4.79 Å². The van der Waals surface area contributed by atoms with Crippen molar-refractivity contribution in [3.63, 3.8) is 0 Å². The number of rotatable bonds is 3. The van der Waals surface area contributed by atoms with E-state index in [1.165, 1.54) is 12.1 Å². The molecule has 1 saturated heterocycles. The van der Waals surface area contributed by atoms with Crippen molar-refractivity contribution in [1.29, 1.82) is 0 Å². The zero-order valence-corrected chi connectivity index (χ0v) is 13.3. The lowest BCUT2D eigenvalue weighted by Crippen LogP contribution is -2.35. The van der Waals surface area contributed by atoms with Gasteiger partial charge in [0.1, 0.15) is 11.5 Å². The number of carbonyl (C=O) groups is 1. The molecule has 4 nitrogen and oxygen atoms in total. The zero-order chi connectivity index (χ0) is 18.0. The molecular formula is C18H17F3N2O2. The summed E-state index contributed by atoms with van der Waals surface area (Å²) in [6.07, 6.45) is -2.04. The first-order valence-electron chi connectivity index (χ1n) is 7.89. The molecule has 0 aliphatic carbocycles. The average Bonchev–Trinajstić information content (AvgIpc) is 2.57. The number of carbonyl (C=O) groups excluding carboxylic acids is 1. The SMILES string of the molecule is Nc1cc(N2CCCCC2=O)ccc1Oc1ccc(C(F)(F)F)cc1. The third-order valence-electron chi connectivity index (χ3n) is 4.04. The summed E-state index contributed by atoms with van der Waals surface area (Å²) in [5.41, 5.74) is 6.25. The average molecular weight is 350 g/mol. The second kappa shape index (κ2) is 6.66. The number of alkyl halides is 3. The Morgan fingerprint density at radius 3 is 2.36 bits per heavy atom. The van der Waals surface area contributed by atoms with Crippen molar-refractivity contribution in [3.05, 3.63) is 48.0 Å². The maximum absolute atomic E-state index is 12.6. The van der Waals surface area contributed by atoms with Gasteiger partial charge in [-0.2, -0.15) is 13.2 Å². The van der Waals surface area contributed by atoms with Crippen LogP contribution in [0.25, 0.3) is 0 Å². The number of halogens is 3. The third-order valence-corrected chi connectivity index (χ3v) is 4.04. The number of anilines is 2. The monoisotopic (exact) mass is 350 g/mol. The molecule has 2 N–H and O–H groups in total. The van der Waals surface area contributed by atoms with E-state index in [9.17, 15) is 18.0 Å². The zero-order valence-electron chi connectivity index (χ0n) is 13.3. The van der Waals surface area contributed by atoms with Crippen LogP contribution in [-0.4, -0.2) is 12.5 Å². The van der Waals surface area contributed by atoms with Gasteiger partial charge in [-0.05, 0) is 55.3 Å². The highest BCUT2D eigenvalue weighted by atomic mass is 19.4. The molecule has 0 spiro atoms. The molecule has 1 amide bonds. The molecule has 0 saturated carbocycles. The molecule has 0 bridgehead atoms. The molecule has 0 aromatic heterocycles. The van der Waals surface area contributed by atoms with Gasteiger partial charge in [0.05, 0.1) is 11.3 Å². The van der Waals surface area contributed by atoms with Crippen molar-refractivity contribution in [2.75, 3.05) is 17.2 Å². The first-order valence-corrected chi connectivity index (χ1v) is 7.89. The molecule has 1 aliphatic rings. The topological polar surface area (TPSA) is 55.6 Å². The maximum atomic E-state index is 12.6. The van der Waals surface area contributed by atoms with Crippen molar-refractivity contribution in [3.8, 4) is 11.5 Å². The van der Waals surface area contributed by atoms with Gasteiger partial charge in [-0.15, -0.1) is 0 Å². The van der Waals surface area contributed by atoms with Crippen LogP contribution in [0.1, 0.15) is 24.8 Å². The number of piperidine rings is 1. The van der Waals surface area contributed by atoms with Crippen molar-refractivity contribution < 1.29 is 22.7 Å². The number of nitrogens with zero attached hydrogens (tertiary/aromatic N) is 1. The van der Waals surface area contributed by atoms with E-state index < -0.39 is 11.7 Å². The fraction of sp³-hybridized carbons (Fsp3) is 0.278. The Balaban J connectivity index is 1.76. The molecule has 132 valence electrons. The number of benzene rings is 2. The van der Waals surface area contributed by atoms with Crippen molar-refractivity contribution in [1.82, 2.24) is 0 Å². The van der Waals surface area contributed by atoms with Crippen LogP contribution < -0.4 is 15.4 Å². The predicted octanol–water partition coefficient (Wildman–Crippen LogP) is 4.60. The molecule has 1 heterocycles. The van der Waals surface area contributed by atoms with E-state index in [4.69, 9.17) is 10.5 Å². The van der Waals surface area contributed by atoms with E-state index in [-0.39, 0.29) is 11.7 Å². The number of ether oxygens (including phenoxy) is 1. The minimum Gasteiger partial charge on any atom is -0.455 e. The molecule has 3 rings (SSSR count). The van der Waals surface area contributed by atoms with Gasteiger partial charge in [0.25, 0.3) is 0 Å². The summed E-state index contributed by atoms with van der Waals surface area (Å²) in [5, 5.41) is 0. The first-order chi connectivity index (χ1) is 11.8. The quantitative estimate of drug-likeness (QED) is 0.823. The Labute approximate surface area is 143 Å². The fourth-order valence-corrected chi connectivity index (χ4v) is 2.71. The van der Waals surface area contributed by atoms with Crippen LogP contribution in [0.3, 0.4) is 0 Å². The summed E-state index contributed by atoms with van der Waals surface area (Å²) in [6.45, 7) is 0.650.